The van der Waals surface area contributed by atoms with Gasteiger partial charge in [-0.1, -0.05) is 24.6 Å². The first-order valence-corrected chi connectivity index (χ1v) is 19.7. The molecule has 2 saturated heterocycles. The van der Waals surface area contributed by atoms with Gasteiger partial charge in [-0.3, -0.25) is 14.4 Å². The topological polar surface area (TPSA) is 195 Å². The summed E-state index contributed by atoms with van der Waals surface area (Å²) in [6.45, 7) is 10.1. The van der Waals surface area contributed by atoms with Crippen molar-refractivity contribution in [3.05, 3.63) is 42.8 Å². The lowest BCUT2D eigenvalue weighted by atomic mass is 9.89. The molecule has 4 rings (SSSR count). The SMILES string of the molecule is C=CC[C@@H](NS(C)(=O)=O)C(=O)N1C[C@H](OC(=O)N2CCCCC2)C[C@H]1C(=O)C[C@@H](CCCCNC(=O)OC(C)(C)C)C(=O)c1nc2ccccc2o1. The van der Waals surface area contributed by atoms with E-state index in [-0.39, 0.29) is 44.7 Å². The summed E-state index contributed by atoms with van der Waals surface area (Å²) in [6, 6.07) is 4.55. The number of ether oxygens (including phenoxy) is 2. The zero-order valence-corrected chi connectivity index (χ0v) is 31.2. The number of fused-ring (bicyclic) bond motifs is 1. The number of oxazole rings is 1. The van der Waals surface area contributed by atoms with E-state index in [0.717, 1.165) is 25.5 Å². The summed E-state index contributed by atoms with van der Waals surface area (Å²) >= 11 is 0. The molecule has 16 heteroatoms. The first kappa shape index (κ1) is 40.5. The second-order valence-electron chi connectivity index (χ2n) is 14.4. The zero-order valence-electron chi connectivity index (χ0n) is 30.4. The highest BCUT2D eigenvalue weighted by molar-refractivity contribution is 7.88. The van der Waals surface area contributed by atoms with Gasteiger partial charge >= 0.3 is 12.2 Å². The fourth-order valence-electron chi connectivity index (χ4n) is 6.43. The minimum Gasteiger partial charge on any atom is -0.444 e. The molecular weight excluding hydrogens is 694 g/mol. The number of Topliss-reactive ketones (excluding diaryl/α,β-unsaturated/α-hetero) is 2. The second kappa shape index (κ2) is 17.9. The van der Waals surface area contributed by atoms with Crippen LogP contribution in [0.5, 0.6) is 0 Å². The molecule has 286 valence electrons. The maximum atomic E-state index is 14.2. The summed E-state index contributed by atoms with van der Waals surface area (Å²) in [5.41, 5.74) is 0.235. The second-order valence-corrected chi connectivity index (χ2v) is 16.2. The number of hydrogen-bond acceptors (Lipinski definition) is 11. The van der Waals surface area contributed by atoms with E-state index in [9.17, 15) is 32.4 Å². The number of piperidine rings is 1. The number of hydrogen-bond donors (Lipinski definition) is 2. The van der Waals surface area contributed by atoms with Gasteiger partial charge in [-0.25, -0.2) is 27.7 Å². The summed E-state index contributed by atoms with van der Waals surface area (Å²) in [5.74, 6) is -2.66. The number of ketones is 2. The first-order chi connectivity index (χ1) is 24.5. The van der Waals surface area contributed by atoms with E-state index < -0.39 is 69.4 Å². The van der Waals surface area contributed by atoms with Gasteiger partial charge in [-0.2, -0.15) is 0 Å². The number of nitrogens with one attached hydrogen (secondary N) is 2. The van der Waals surface area contributed by atoms with Gasteiger partial charge in [0, 0.05) is 38.4 Å². The van der Waals surface area contributed by atoms with Gasteiger partial charge in [0.2, 0.25) is 21.7 Å². The molecular formula is C36H51N5O10S. The Kier molecular flexibility index (Phi) is 14.0. The van der Waals surface area contributed by atoms with Crippen molar-refractivity contribution < 1.29 is 46.3 Å². The molecule has 3 heterocycles. The largest absolute Gasteiger partial charge is 0.444 e. The van der Waals surface area contributed by atoms with Crippen molar-refractivity contribution in [3.8, 4) is 0 Å². The number of likely N-dealkylation sites (tertiary alicyclic amines) is 2. The molecule has 0 spiro atoms. The number of carbonyl (C=O) groups is 5. The third kappa shape index (κ3) is 11.9. The maximum Gasteiger partial charge on any atom is 0.410 e. The van der Waals surface area contributed by atoms with Crippen LogP contribution in [-0.4, -0.2) is 109 Å². The van der Waals surface area contributed by atoms with Crippen LogP contribution in [0.4, 0.5) is 9.59 Å². The van der Waals surface area contributed by atoms with E-state index in [1.165, 1.54) is 11.0 Å². The Hall–Kier alpha value is -4.31. The maximum absolute atomic E-state index is 14.2. The third-order valence-corrected chi connectivity index (χ3v) is 9.54. The van der Waals surface area contributed by atoms with Crippen molar-refractivity contribution in [3.63, 3.8) is 0 Å². The van der Waals surface area contributed by atoms with E-state index in [0.29, 0.717) is 37.0 Å². The van der Waals surface area contributed by atoms with Crippen LogP contribution in [0, 0.1) is 5.92 Å². The average molecular weight is 746 g/mol. The Morgan fingerprint density at radius 3 is 2.46 bits per heavy atom. The average Bonchev–Trinajstić information content (AvgIpc) is 3.70. The van der Waals surface area contributed by atoms with Crippen molar-refractivity contribution in [1.29, 1.82) is 0 Å². The minimum atomic E-state index is -3.83. The van der Waals surface area contributed by atoms with Gasteiger partial charge in [-0.15, -0.1) is 6.58 Å². The predicted octanol–water partition coefficient (Wildman–Crippen LogP) is 4.37. The van der Waals surface area contributed by atoms with E-state index in [4.69, 9.17) is 13.9 Å². The quantitative estimate of drug-likeness (QED) is 0.141. The van der Waals surface area contributed by atoms with E-state index >= 15 is 0 Å². The molecule has 1 aromatic heterocycles. The molecule has 52 heavy (non-hydrogen) atoms. The molecule has 1 aromatic carbocycles. The third-order valence-electron chi connectivity index (χ3n) is 8.83. The number of aromatic nitrogens is 1. The molecule has 2 fully saturated rings. The fourth-order valence-corrected chi connectivity index (χ4v) is 7.14. The van der Waals surface area contributed by atoms with Crippen LogP contribution in [0.25, 0.3) is 11.1 Å². The minimum absolute atomic E-state index is 0.0204. The molecule has 0 aliphatic carbocycles. The van der Waals surface area contributed by atoms with Crippen LogP contribution >= 0.6 is 0 Å². The first-order valence-electron chi connectivity index (χ1n) is 17.8. The molecule has 2 aliphatic heterocycles. The highest BCUT2D eigenvalue weighted by Gasteiger charge is 2.44. The lowest BCUT2D eigenvalue weighted by Crippen LogP contribution is -2.51. The van der Waals surface area contributed by atoms with Crippen LogP contribution in [0.15, 0.2) is 41.3 Å². The van der Waals surface area contributed by atoms with Gasteiger partial charge < -0.3 is 29.0 Å². The smallest absolute Gasteiger partial charge is 0.410 e. The monoisotopic (exact) mass is 745 g/mol. The van der Waals surface area contributed by atoms with Crippen LogP contribution in [0.2, 0.25) is 0 Å². The Morgan fingerprint density at radius 2 is 1.81 bits per heavy atom. The zero-order chi connectivity index (χ0) is 38.1. The Labute approximate surface area is 304 Å². The normalized spacial score (nSPS) is 19.2. The van der Waals surface area contributed by atoms with Gasteiger partial charge in [-0.05, 0) is 71.4 Å². The van der Waals surface area contributed by atoms with Crippen molar-refractivity contribution in [2.75, 3.05) is 32.4 Å². The van der Waals surface area contributed by atoms with Crippen LogP contribution in [-0.2, 0) is 29.1 Å². The highest BCUT2D eigenvalue weighted by atomic mass is 32.2. The predicted molar refractivity (Wildman–Crippen MR) is 192 cm³/mol. The van der Waals surface area contributed by atoms with Gasteiger partial charge in [0.1, 0.15) is 23.3 Å². The summed E-state index contributed by atoms with van der Waals surface area (Å²) in [4.78, 5) is 74.3. The molecule has 15 nitrogen and oxygen atoms in total. The van der Waals surface area contributed by atoms with Crippen molar-refractivity contribution in [2.24, 2.45) is 5.92 Å². The lowest BCUT2D eigenvalue weighted by Gasteiger charge is -2.28. The van der Waals surface area contributed by atoms with Crippen LogP contribution in [0.3, 0.4) is 0 Å². The standard InChI is InChI=1S/C36H51N5O10S/c1-6-14-27(39-52(5,47)48)33(44)41-23-25(49-35(46)40-19-12-7-13-20-40)22-28(41)29(42)21-24(15-10-11-18-37-34(45)51-36(2,3)4)31(43)32-38-26-16-8-9-17-30(26)50-32/h6,8-9,16-17,24-25,27-28,39H,1,7,10-15,18-23H2,2-5H3,(H,37,45)/t24-,25-,27-,28+/m1/s1. The van der Waals surface area contributed by atoms with Crippen molar-refractivity contribution in [2.45, 2.75) is 102 Å². The Morgan fingerprint density at radius 1 is 1.10 bits per heavy atom. The van der Waals surface area contributed by atoms with Crippen molar-refractivity contribution in [1.82, 2.24) is 24.8 Å². The number of nitrogens with zero attached hydrogens (tertiary/aromatic N) is 3. The molecule has 4 atom stereocenters. The molecule has 0 radical (unpaired) electrons. The molecule has 0 saturated carbocycles. The lowest BCUT2D eigenvalue weighted by molar-refractivity contribution is -0.139. The molecule has 0 unspecified atom stereocenters. The van der Waals surface area contributed by atoms with Gasteiger partial charge in [0.25, 0.3) is 5.89 Å². The molecule has 3 amide bonds. The molecule has 2 aliphatic rings. The Bertz CT molecular complexity index is 1680. The number of amides is 3. The molecule has 0 bridgehead atoms. The van der Waals surface area contributed by atoms with Crippen molar-refractivity contribution >= 4 is 50.8 Å². The number of para-hydroxylation sites is 2. The summed E-state index contributed by atoms with van der Waals surface area (Å²) in [7, 11) is -3.83. The van der Waals surface area contributed by atoms with Gasteiger partial charge in [0.15, 0.2) is 11.4 Å². The Balaban J connectivity index is 1.54. The molecule has 2 N–H and O–H groups in total. The number of unbranched alkanes of at least 4 members (excludes halogenated alkanes) is 1. The number of benzene rings is 1. The molecule has 2 aromatic rings. The van der Waals surface area contributed by atoms with E-state index in [1.54, 1.807) is 49.9 Å². The highest BCUT2D eigenvalue weighted by Crippen LogP contribution is 2.29. The number of sulfonamides is 1. The number of rotatable bonds is 16. The summed E-state index contributed by atoms with van der Waals surface area (Å²) < 4.78 is 43.5. The van der Waals surface area contributed by atoms with E-state index in [2.05, 4.69) is 21.6 Å². The number of alkyl carbamates (subject to hydrolysis) is 1. The van der Waals surface area contributed by atoms with E-state index in [1.807, 2.05) is 0 Å². The van der Waals surface area contributed by atoms with Gasteiger partial charge in [0.05, 0.1) is 18.8 Å². The number of carbonyl (C=O) groups excluding carboxylic acids is 5. The fraction of sp³-hybridized carbons (Fsp3) is 0.611. The van der Waals surface area contributed by atoms with Crippen LogP contribution < -0.4 is 10.0 Å². The van der Waals surface area contributed by atoms with Crippen LogP contribution in [0.1, 0.15) is 89.2 Å². The summed E-state index contributed by atoms with van der Waals surface area (Å²) in [5, 5.41) is 2.69. The summed E-state index contributed by atoms with van der Waals surface area (Å²) in [6.07, 6.45) is 3.90.